The number of hydrogen-bond donors (Lipinski definition) is 1. The molecule has 32 heavy (non-hydrogen) atoms. The van der Waals surface area contributed by atoms with Crippen LogP contribution < -0.4 is 5.32 Å². The predicted octanol–water partition coefficient (Wildman–Crippen LogP) is 3.82. The molecule has 1 fully saturated rings. The highest BCUT2D eigenvalue weighted by Gasteiger charge is 2.52. The minimum absolute atomic E-state index is 0.290. The number of nitrogens with one attached hydrogen (secondary N) is 1. The molecule has 1 atom stereocenters. The fraction of sp³-hybridized carbons (Fsp3) is 0.348. The molecule has 1 saturated heterocycles. The van der Waals surface area contributed by atoms with Gasteiger partial charge in [-0.25, -0.2) is 4.79 Å². The van der Waals surface area contributed by atoms with Crippen LogP contribution in [0.4, 0.5) is 18.0 Å². The molecule has 3 rings (SSSR count). The summed E-state index contributed by atoms with van der Waals surface area (Å²) in [7, 11) is 0. The summed E-state index contributed by atoms with van der Waals surface area (Å²) in [6.45, 7) is -0.695. The molecular weight excluding hydrogens is 423 g/mol. The van der Waals surface area contributed by atoms with Gasteiger partial charge in [-0.05, 0) is 17.5 Å². The highest BCUT2D eigenvalue weighted by atomic mass is 19.4. The topological polar surface area (TPSA) is 69.7 Å². The van der Waals surface area contributed by atoms with E-state index in [0.29, 0.717) is 33.8 Å². The monoisotopic (exact) mass is 447 g/mol. The van der Waals surface area contributed by atoms with Crippen molar-refractivity contribution in [1.29, 1.82) is 0 Å². The molecule has 1 aliphatic rings. The molecule has 0 aliphatic carbocycles. The van der Waals surface area contributed by atoms with Crippen LogP contribution in [0, 0.1) is 0 Å². The molecule has 9 heteroatoms. The maximum Gasteiger partial charge on any atom is 0.406 e. The maximum absolute atomic E-state index is 13.3. The van der Waals surface area contributed by atoms with Crippen molar-refractivity contribution in [2.45, 2.75) is 38.0 Å². The second-order valence-corrected chi connectivity index (χ2v) is 7.69. The molecule has 170 valence electrons. The summed E-state index contributed by atoms with van der Waals surface area (Å²) in [4.78, 5) is 40.1. The first kappa shape index (κ1) is 23.3. The lowest BCUT2D eigenvalue weighted by Crippen LogP contribution is -2.47. The fourth-order valence-corrected chi connectivity index (χ4v) is 3.86. The van der Waals surface area contributed by atoms with Gasteiger partial charge in [0, 0.05) is 6.54 Å². The molecule has 0 aromatic heterocycles. The molecule has 2 aromatic carbocycles. The van der Waals surface area contributed by atoms with E-state index in [1.807, 2.05) is 6.92 Å². The Bertz CT molecular complexity index is 967. The summed E-state index contributed by atoms with van der Waals surface area (Å²) < 4.78 is 39.4. The van der Waals surface area contributed by atoms with Gasteiger partial charge in [0.05, 0.1) is 0 Å². The smallest absolute Gasteiger partial charge is 0.328 e. The lowest BCUT2D eigenvalue weighted by atomic mass is 9.85. The fourth-order valence-electron chi connectivity index (χ4n) is 3.86. The summed E-state index contributed by atoms with van der Waals surface area (Å²) in [5, 5.41) is 2.67. The summed E-state index contributed by atoms with van der Waals surface area (Å²) in [5.74, 6) is -1.61. The number of amides is 4. The second kappa shape index (κ2) is 9.42. The van der Waals surface area contributed by atoms with Gasteiger partial charge in [0.2, 0.25) is 5.91 Å². The third-order valence-electron chi connectivity index (χ3n) is 5.30. The maximum atomic E-state index is 13.3. The van der Waals surface area contributed by atoms with E-state index in [4.69, 9.17) is 0 Å². The van der Waals surface area contributed by atoms with Crippen LogP contribution in [-0.2, 0) is 21.7 Å². The van der Waals surface area contributed by atoms with Crippen LogP contribution in [0.25, 0.3) is 0 Å². The minimum atomic E-state index is -4.63. The van der Waals surface area contributed by atoms with Crippen molar-refractivity contribution >= 4 is 17.8 Å². The number of benzene rings is 2. The zero-order chi connectivity index (χ0) is 23.4. The summed E-state index contributed by atoms with van der Waals surface area (Å²) in [6, 6.07) is 16.0. The number of carbonyl (C=O) groups excluding carboxylic acids is 3. The van der Waals surface area contributed by atoms with E-state index in [1.165, 1.54) is 0 Å². The lowest BCUT2D eigenvalue weighted by molar-refractivity contribution is -0.163. The Morgan fingerprint density at radius 1 is 1.03 bits per heavy atom. The van der Waals surface area contributed by atoms with Crippen molar-refractivity contribution in [1.82, 2.24) is 15.1 Å². The predicted molar refractivity (Wildman–Crippen MR) is 111 cm³/mol. The number of alkyl halides is 3. The number of carbonyl (C=O) groups is 3. The lowest BCUT2D eigenvalue weighted by Gasteiger charge is -2.28. The standard InChI is InChI=1S/C23H24F3N3O3/c1-2-13-22(18-11-7-4-8-12-18)20(31)29(21(32)27-22)15-19(30)28(16-23(24,25)26)14-17-9-5-3-6-10-17/h3-12H,2,13-16H2,1H3,(H,27,32)/t22-/m0/s1. The first-order valence-electron chi connectivity index (χ1n) is 10.2. The van der Waals surface area contributed by atoms with Crippen molar-refractivity contribution in [2.24, 2.45) is 0 Å². The minimum Gasteiger partial charge on any atom is -0.328 e. The van der Waals surface area contributed by atoms with Crippen molar-refractivity contribution < 1.29 is 27.6 Å². The first-order chi connectivity index (χ1) is 15.2. The van der Waals surface area contributed by atoms with Gasteiger partial charge in [-0.3, -0.25) is 14.5 Å². The van der Waals surface area contributed by atoms with Gasteiger partial charge in [-0.15, -0.1) is 0 Å². The molecule has 0 bridgehead atoms. The largest absolute Gasteiger partial charge is 0.406 e. The van der Waals surface area contributed by atoms with Crippen molar-refractivity contribution in [3.63, 3.8) is 0 Å². The second-order valence-electron chi connectivity index (χ2n) is 7.69. The van der Waals surface area contributed by atoms with Gasteiger partial charge < -0.3 is 10.2 Å². The molecule has 1 N–H and O–H groups in total. The summed E-state index contributed by atoms with van der Waals surface area (Å²) >= 11 is 0. The molecular formula is C23H24F3N3O3. The Morgan fingerprint density at radius 3 is 2.19 bits per heavy atom. The highest BCUT2D eigenvalue weighted by Crippen LogP contribution is 2.33. The number of nitrogens with zero attached hydrogens (tertiary/aromatic N) is 2. The molecule has 1 heterocycles. The van der Waals surface area contributed by atoms with E-state index in [1.54, 1.807) is 60.7 Å². The Morgan fingerprint density at radius 2 is 1.62 bits per heavy atom. The number of hydrogen-bond acceptors (Lipinski definition) is 3. The quantitative estimate of drug-likeness (QED) is 0.626. The highest BCUT2D eigenvalue weighted by molar-refractivity contribution is 6.09. The van der Waals surface area contributed by atoms with Gasteiger partial charge >= 0.3 is 12.2 Å². The average Bonchev–Trinajstić information content (AvgIpc) is 2.99. The van der Waals surface area contributed by atoms with Gasteiger partial charge in [0.1, 0.15) is 18.6 Å². The van der Waals surface area contributed by atoms with Gasteiger partial charge in [0.15, 0.2) is 0 Å². The van der Waals surface area contributed by atoms with E-state index in [2.05, 4.69) is 5.32 Å². The molecule has 0 saturated carbocycles. The zero-order valence-corrected chi connectivity index (χ0v) is 17.6. The van der Waals surface area contributed by atoms with E-state index in [9.17, 15) is 27.6 Å². The number of halogens is 3. The molecule has 0 spiro atoms. The summed E-state index contributed by atoms with van der Waals surface area (Å²) in [6.07, 6.45) is -3.77. The van der Waals surface area contributed by atoms with Crippen LogP contribution in [0.1, 0.15) is 30.9 Å². The number of imide groups is 1. The van der Waals surface area contributed by atoms with E-state index in [-0.39, 0.29) is 6.54 Å². The Kier molecular flexibility index (Phi) is 6.86. The zero-order valence-electron chi connectivity index (χ0n) is 17.6. The van der Waals surface area contributed by atoms with Gasteiger partial charge in [-0.1, -0.05) is 74.0 Å². The van der Waals surface area contributed by atoms with E-state index >= 15 is 0 Å². The Balaban J connectivity index is 1.84. The molecule has 0 unspecified atom stereocenters. The van der Waals surface area contributed by atoms with E-state index in [0.717, 1.165) is 0 Å². The number of urea groups is 1. The Hall–Kier alpha value is -3.36. The van der Waals surface area contributed by atoms with Crippen molar-refractivity contribution in [3.8, 4) is 0 Å². The van der Waals surface area contributed by atoms with Crippen LogP contribution >= 0.6 is 0 Å². The normalized spacial score (nSPS) is 18.6. The molecule has 0 radical (unpaired) electrons. The van der Waals surface area contributed by atoms with Crippen LogP contribution in [0.15, 0.2) is 60.7 Å². The molecule has 4 amide bonds. The van der Waals surface area contributed by atoms with Crippen LogP contribution in [0.5, 0.6) is 0 Å². The Labute approximate surface area is 184 Å². The third kappa shape index (κ3) is 5.09. The van der Waals surface area contributed by atoms with Gasteiger partial charge in [0.25, 0.3) is 5.91 Å². The number of rotatable bonds is 8. The van der Waals surface area contributed by atoms with Crippen LogP contribution in [0.2, 0.25) is 0 Å². The molecule has 1 aliphatic heterocycles. The molecule has 2 aromatic rings. The van der Waals surface area contributed by atoms with Gasteiger partial charge in [-0.2, -0.15) is 13.2 Å². The molecule has 6 nitrogen and oxygen atoms in total. The van der Waals surface area contributed by atoms with Crippen molar-refractivity contribution in [3.05, 3.63) is 71.8 Å². The van der Waals surface area contributed by atoms with Crippen LogP contribution in [-0.4, -0.2) is 46.9 Å². The third-order valence-corrected chi connectivity index (χ3v) is 5.30. The van der Waals surface area contributed by atoms with Crippen molar-refractivity contribution in [2.75, 3.05) is 13.1 Å². The SMILES string of the molecule is CCC[C@@]1(c2ccccc2)NC(=O)N(CC(=O)N(Cc2ccccc2)CC(F)(F)F)C1=O. The summed E-state index contributed by atoms with van der Waals surface area (Å²) in [5.41, 5.74) is -0.278. The van der Waals surface area contributed by atoms with E-state index < -0.39 is 42.7 Å². The van der Waals surface area contributed by atoms with Crippen LogP contribution in [0.3, 0.4) is 0 Å². The average molecular weight is 447 g/mol. The first-order valence-corrected chi connectivity index (χ1v) is 10.2.